The molecule has 0 saturated heterocycles. The Morgan fingerprint density at radius 2 is 1.76 bits per heavy atom. The standard InChI is InChI=1S/C19H35O2/c1-2-3-4-7-12-17-14-10-11-15-18(17)13-8-5-6-9-16-19(20)21/h15,17-18H,2-14,16H2,1H3,(H,20,21). The van der Waals surface area contributed by atoms with Crippen molar-refractivity contribution >= 4 is 5.97 Å². The van der Waals surface area contributed by atoms with Crippen molar-refractivity contribution in [2.75, 3.05) is 0 Å². The van der Waals surface area contributed by atoms with Crippen LogP contribution in [0.2, 0.25) is 0 Å². The summed E-state index contributed by atoms with van der Waals surface area (Å²) in [4.78, 5) is 10.5. The predicted molar refractivity (Wildman–Crippen MR) is 89.2 cm³/mol. The molecule has 21 heavy (non-hydrogen) atoms. The predicted octanol–water partition coefficient (Wildman–Crippen LogP) is 6.00. The average molecular weight is 295 g/mol. The molecule has 0 aromatic heterocycles. The van der Waals surface area contributed by atoms with Crippen molar-refractivity contribution in [2.45, 2.75) is 96.8 Å². The fraction of sp³-hybridized carbons (Fsp3) is 0.895. The molecule has 2 atom stereocenters. The van der Waals surface area contributed by atoms with Gasteiger partial charge in [-0.15, -0.1) is 0 Å². The zero-order valence-corrected chi connectivity index (χ0v) is 14.0. The van der Waals surface area contributed by atoms with Crippen LogP contribution in [0, 0.1) is 18.3 Å². The van der Waals surface area contributed by atoms with E-state index in [4.69, 9.17) is 5.11 Å². The van der Waals surface area contributed by atoms with E-state index in [-0.39, 0.29) is 0 Å². The van der Waals surface area contributed by atoms with Crippen LogP contribution in [0.25, 0.3) is 0 Å². The minimum atomic E-state index is -0.650. The van der Waals surface area contributed by atoms with E-state index in [9.17, 15) is 4.79 Å². The molecule has 1 N–H and O–H groups in total. The molecule has 2 nitrogen and oxygen atoms in total. The Morgan fingerprint density at radius 1 is 1.05 bits per heavy atom. The van der Waals surface area contributed by atoms with Gasteiger partial charge < -0.3 is 5.11 Å². The van der Waals surface area contributed by atoms with E-state index in [0.29, 0.717) is 6.42 Å². The van der Waals surface area contributed by atoms with Crippen molar-refractivity contribution in [3.8, 4) is 0 Å². The molecular weight excluding hydrogens is 260 g/mol. The van der Waals surface area contributed by atoms with Gasteiger partial charge >= 0.3 is 5.97 Å². The highest BCUT2D eigenvalue weighted by atomic mass is 16.4. The lowest BCUT2D eigenvalue weighted by Gasteiger charge is -2.31. The minimum absolute atomic E-state index is 0.343. The van der Waals surface area contributed by atoms with Crippen LogP contribution >= 0.6 is 0 Å². The van der Waals surface area contributed by atoms with Gasteiger partial charge in [0.15, 0.2) is 0 Å². The van der Waals surface area contributed by atoms with E-state index < -0.39 is 5.97 Å². The molecule has 0 aromatic carbocycles. The zero-order chi connectivity index (χ0) is 15.3. The maximum absolute atomic E-state index is 10.5. The number of unbranched alkanes of at least 4 members (excludes halogenated alkanes) is 6. The normalized spacial score (nSPS) is 22.3. The molecule has 2 heteroatoms. The number of carboxylic acid groups (broad SMARTS) is 1. The Kier molecular flexibility index (Phi) is 10.6. The summed E-state index contributed by atoms with van der Waals surface area (Å²) in [6.45, 7) is 2.28. The second kappa shape index (κ2) is 12.1. The summed E-state index contributed by atoms with van der Waals surface area (Å²) >= 11 is 0. The summed E-state index contributed by atoms with van der Waals surface area (Å²) in [5.74, 6) is 1.14. The van der Waals surface area contributed by atoms with Gasteiger partial charge in [-0.25, -0.2) is 0 Å². The van der Waals surface area contributed by atoms with Gasteiger partial charge in [0, 0.05) is 6.42 Å². The highest BCUT2D eigenvalue weighted by Gasteiger charge is 2.24. The minimum Gasteiger partial charge on any atom is -0.481 e. The second-order valence-electron chi connectivity index (χ2n) is 6.79. The van der Waals surface area contributed by atoms with Crippen molar-refractivity contribution in [2.24, 2.45) is 11.8 Å². The van der Waals surface area contributed by atoms with Crippen molar-refractivity contribution in [3.05, 3.63) is 6.42 Å². The van der Waals surface area contributed by atoms with E-state index in [1.54, 1.807) is 0 Å². The van der Waals surface area contributed by atoms with Gasteiger partial charge in [-0.2, -0.15) is 0 Å². The third-order valence-electron chi connectivity index (χ3n) is 4.96. The smallest absolute Gasteiger partial charge is 0.303 e. The van der Waals surface area contributed by atoms with Crippen molar-refractivity contribution in [1.82, 2.24) is 0 Å². The van der Waals surface area contributed by atoms with Gasteiger partial charge in [0.1, 0.15) is 0 Å². The highest BCUT2D eigenvalue weighted by molar-refractivity contribution is 5.66. The molecule has 0 aliphatic heterocycles. The fourth-order valence-electron chi connectivity index (χ4n) is 3.67. The van der Waals surface area contributed by atoms with Crippen molar-refractivity contribution in [3.63, 3.8) is 0 Å². The number of hydrogen-bond donors (Lipinski definition) is 1. The number of rotatable bonds is 12. The van der Waals surface area contributed by atoms with Gasteiger partial charge in [0.2, 0.25) is 0 Å². The first-order valence-corrected chi connectivity index (χ1v) is 9.29. The van der Waals surface area contributed by atoms with E-state index in [1.165, 1.54) is 70.6 Å². The van der Waals surface area contributed by atoms with E-state index in [2.05, 4.69) is 13.3 Å². The first-order chi connectivity index (χ1) is 10.2. The molecule has 0 heterocycles. The van der Waals surface area contributed by atoms with Crippen LogP contribution < -0.4 is 0 Å². The van der Waals surface area contributed by atoms with Gasteiger partial charge in [0.25, 0.3) is 0 Å². The Hall–Kier alpha value is -0.530. The maximum atomic E-state index is 10.5. The lowest BCUT2D eigenvalue weighted by atomic mass is 9.74. The van der Waals surface area contributed by atoms with Crippen LogP contribution in [-0.2, 0) is 4.79 Å². The van der Waals surface area contributed by atoms with E-state index in [1.807, 2.05) is 0 Å². The van der Waals surface area contributed by atoms with Crippen LogP contribution in [0.3, 0.4) is 0 Å². The number of carbonyl (C=O) groups is 1. The molecule has 0 spiro atoms. The molecular formula is C19H35O2. The Bertz CT molecular complexity index is 262. The molecule has 1 saturated carbocycles. The van der Waals surface area contributed by atoms with E-state index >= 15 is 0 Å². The summed E-state index contributed by atoms with van der Waals surface area (Å²) in [5.41, 5.74) is 0. The van der Waals surface area contributed by atoms with Gasteiger partial charge in [-0.05, 0) is 37.5 Å². The van der Waals surface area contributed by atoms with E-state index in [0.717, 1.165) is 24.7 Å². The number of hydrogen-bond acceptors (Lipinski definition) is 1. The average Bonchev–Trinajstić information content (AvgIpc) is 2.48. The molecule has 1 rings (SSSR count). The van der Waals surface area contributed by atoms with Gasteiger partial charge in [0.05, 0.1) is 0 Å². The summed E-state index contributed by atoms with van der Waals surface area (Å²) in [6.07, 6.45) is 19.8. The Morgan fingerprint density at radius 3 is 2.52 bits per heavy atom. The first-order valence-electron chi connectivity index (χ1n) is 9.29. The fourth-order valence-corrected chi connectivity index (χ4v) is 3.67. The summed E-state index contributed by atoms with van der Waals surface area (Å²) < 4.78 is 0. The molecule has 2 unspecified atom stereocenters. The molecule has 1 aliphatic carbocycles. The molecule has 0 bridgehead atoms. The highest BCUT2D eigenvalue weighted by Crippen LogP contribution is 2.36. The molecule has 0 aromatic rings. The zero-order valence-electron chi connectivity index (χ0n) is 14.0. The quantitative estimate of drug-likeness (QED) is 0.448. The monoisotopic (exact) mass is 295 g/mol. The summed E-state index contributed by atoms with van der Waals surface area (Å²) in [7, 11) is 0. The van der Waals surface area contributed by atoms with Crippen LogP contribution in [0.1, 0.15) is 96.8 Å². The number of aliphatic carboxylic acids is 1. The number of carboxylic acids is 1. The molecule has 0 amide bonds. The van der Waals surface area contributed by atoms with Crippen LogP contribution in [0.4, 0.5) is 0 Å². The SMILES string of the molecule is CCCCCCC1CCC[CH]C1CCCCCCC(=O)O. The van der Waals surface area contributed by atoms with Crippen molar-refractivity contribution in [1.29, 1.82) is 0 Å². The third-order valence-corrected chi connectivity index (χ3v) is 4.96. The molecule has 1 aliphatic rings. The van der Waals surface area contributed by atoms with Crippen LogP contribution in [0.15, 0.2) is 0 Å². The molecule has 1 radical (unpaired) electrons. The van der Waals surface area contributed by atoms with Gasteiger partial charge in [-0.3, -0.25) is 4.79 Å². The lowest BCUT2D eigenvalue weighted by Crippen LogP contribution is -2.20. The van der Waals surface area contributed by atoms with Crippen LogP contribution in [-0.4, -0.2) is 11.1 Å². The molecule has 1 fully saturated rings. The maximum Gasteiger partial charge on any atom is 0.303 e. The lowest BCUT2D eigenvalue weighted by molar-refractivity contribution is -0.137. The summed E-state index contributed by atoms with van der Waals surface area (Å²) in [5, 5.41) is 8.62. The summed E-state index contributed by atoms with van der Waals surface area (Å²) in [6, 6.07) is 0. The second-order valence-corrected chi connectivity index (χ2v) is 6.79. The Balaban J connectivity index is 2.10. The Labute approximate surface area is 131 Å². The molecule has 123 valence electrons. The van der Waals surface area contributed by atoms with Gasteiger partial charge in [-0.1, -0.05) is 71.1 Å². The largest absolute Gasteiger partial charge is 0.481 e. The topological polar surface area (TPSA) is 37.3 Å². The third kappa shape index (κ3) is 9.16. The first kappa shape index (κ1) is 18.5. The van der Waals surface area contributed by atoms with Crippen LogP contribution in [0.5, 0.6) is 0 Å². The van der Waals surface area contributed by atoms with Crippen molar-refractivity contribution < 1.29 is 9.90 Å².